The number of hydrogen-bond acceptors (Lipinski definition) is 1. The van der Waals surface area contributed by atoms with Crippen molar-refractivity contribution in [2.24, 2.45) is 0 Å². The Morgan fingerprint density at radius 2 is 1.33 bits per heavy atom. The second-order valence-electron chi connectivity index (χ2n) is 5.78. The van der Waals surface area contributed by atoms with E-state index in [0.717, 1.165) is 11.1 Å². The minimum absolute atomic E-state index is 1.10. The average Bonchev–Trinajstić information content (AvgIpc) is 2.92. The summed E-state index contributed by atoms with van der Waals surface area (Å²) >= 11 is 0. The summed E-state index contributed by atoms with van der Waals surface area (Å²) in [5.74, 6) is 0. The Balaban J connectivity index is 2.06. The highest BCUT2D eigenvalue weighted by Crippen LogP contribution is 2.48. The van der Waals surface area contributed by atoms with E-state index in [1.807, 2.05) is 0 Å². The first-order valence-corrected chi connectivity index (χ1v) is 9.68. The van der Waals surface area contributed by atoms with Crippen molar-refractivity contribution in [2.45, 2.75) is 75.9 Å². The Morgan fingerprint density at radius 1 is 0.933 bits per heavy atom. The first-order valence-electron chi connectivity index (χ1n) is 7.02. The van der Waals surface area contributed by atoms with Crippen LogP contribution in [0.4, 0.5) is 0 Å². The molecule has 0 amide bonds. The van der Waals surface area contributed by atoms with Gasteiger partial charge in [0.15, 0.2) is 0 Å². The van der Waals surface area contributed by atoms with Crippen molar-refractivity contribution in [1.29, 1.82) is 0 Å². The fraction of sp³-hybridized carbons (Fsp3) is 1.00. The molecule has 2 heteroatoms. The molecule has 1 N–H and O–H groups in total. The van der Waals surface area contributed by atoms with Crippen molar-refractivity contribution >= 4 is 8.24 Å². The van der Waals surface area contributed by atoms with Crippen LogP contribution in [0.1, 0.15) is 58.3 Å². The first-order chi connectivity index (χ1) is 7.27. The van der Waals surface area contributed by atoms with Crippen molar-refractivity contribution in [2.75, 3.05) is 6.54 Å². The van der Waals surface area contributed by atoms with Gasteiger partial charge in [0.05, 0.1) is 0 Å². The molecular weight excluding hydrogens is 198 g/mol. The highest BCUT2D eigenvalue weighted by molar-refractivity contribution is 6.79. The van der Waals surface area contributed by atoms with Crippen molar-refractivity contribution in [1.82, 2.24) is 4.98 Å². The van der Waals surface area contributed by atoms with E-state index >= 15 is 0 Å². The zero-order valence-corrected chi connectivity index (χ0v) is 11.5. The Morgan fingerprint density at radius 3 is 1.67 bits per heavy atom. The molecule has 0 atom stereocenters. The van der Waals surface area contributed by atoms with Gasteiger partial charge in [-0.25, -0.2) is 0 Å². The molecule has 0 aromatic heterocycles. The zero-order valence-electron chi connectivity index (χ0n) is 10.5. The third-order valence-electron chi connectivity index (χ3n) is 4.96. The molecule has 0 bridgehead atoms. The van der Waals surface area contributed by atoms with E-state index in [9.17, 15) is 0 Å². The molecule has 2 aliphatic carbocycles. The lowest BCUT2D eigenvalue weighted by Gasteiger charge is -2.39. The number of hydrogen-bond donors (Lipinski definition) is 1. The average molecular weight is 225 g/mol. The fourth-order valence-electron chi connectivity index (χ4n) is 4.05. The van der Waals surface area contributed by atoms with Gasteiger partial charge >= 0.3 is 0 Å². The molecule has 0 unspecified atom stereocenters. The van der Waals surface area contributed by atoms with Crippen LogP contribution in [0.5, 0.6) is 0 Å². The summed E-state index contributed by atoms with van der Waals surface area (Å²) in [5, 5.41) is 0. The quantitative estimate of drug-likeness (QED) is 0.712. The zero-order chi connectivity index (χ0) is 10.7. The largest absolute Gasteiger partial charge is 0.337 e. The molecule has 88 valence electrons. The van der Waals surface area contributed by atoms with Crippen LogP contribution in [0.25, 0.3) is 0 Å². The minimum atomic E-state index is -1.13. The predicted molar refractivity (Wildman–Crippen MR) is 69.7 cm³/mol. The molecule has 0 aromatic carbocycles. The van der Waals surface area contributed by atoms with Crippen LogP contribution in [0, 0.1) is 0 Å². The van der Waals surface area contributed by atoms with Gasteiger partial charge in [-0.2, -0.15) is 0 Å². The van der Waals surface area contributed by atoms with E-state index in [1.165, 1.54) is 57.9 Å². The molecule has 1 nitrogen and oxygen atoms in total. The summed E-state index contributed by atoms with van der Waals surface area (Å²) in [6, 6.07) is 0. The third kappa shape index (κ3) is 2.31. The minimum Gasteiger partial charge on any atom is -0.337 e. The van der Waals surface area contributed by atoms with E-state index < -0.39 is 8.24 Å². The Labute approximate surface area is 96.1 Å². The summed E-state index contributed by atoms with van der Waals surface area (Å²) in [4.78, 5) is 3.98. The maximum Gasteiger partial charge on any atom is 0.128 e. The van der Waals surface area contributed by atoms with E-state index in [2.05, 4.69) is 18.5 Å². The van der Waals surface area contributed by atoms with Crippen molar-refractivity contribution < 1.29 is 0 Å². The standard InChI is InChI=1S/C13H27NSi/c1-3-14-15(2,12-8-4-5-9-12)13-10-6-7-11-13/h12-14H,3-11H2,1-2H3. The Hall–Kier alpha value is 0.177. The molecule has 2 fully saturated rings. The van der Waals surface area contributed by atoms with Gasteiger partial charge in [0, 0.05) is 0 Å². The SMILES string of the molecule is CCN[Si](C)(C1CCCC1)C1CCCC1. The summed E-state index contributed by atoms with van der Waals surface area (Å²) in [5.41, 5.74) is 2.20. The molecular formula is C13H27NSi. The first kappa shape index (κ1) is 11.7. The number of nitrogens with one attached hydrogen (secondary N) is 1. The molecule has 0 radical (unpaired) electrons. The van der Waals surface area contributed by atoms with Gasteiger partial charge < -0.3 is 4.98 Å². The van der Waals surface area contributed by atoms with Crippen LogP contribution in [-0.2, 0) is 0 Å². The van der Waals surface area contributed by atoms with Gasteiger partial charge in [-0.3, -0.25) is 0 Å². The Bertz CT molecular complexity index is 177. The maximum absolute atomic E-state index is 3.98. The summed E-state index contributed by atoms with van der Waals surface area (Å²) in [6.45, 7) is 6.16. The molecule has 2 rings (SSSR count). The van der Waals surface area contributed by atoms with Crippen LogP contribution >= 0.6 is 0 Å². The second-order valence-corrected chi connectivity index (χ2v) is 10.3. The lowest BCUT2D eigenvalue weighted by Crippen LogP contribution is -2.54. The molecule has 2 aliphatic rings. The molecule has 0 heterocycles. The summed E-state index contributed by atoms with van der Waals surface area (Å²) < 4.78 is 0. The van der Waals surface area contributed by atoms with Crippen LogP contribution < -0.4 is 4.98 Å². The van der Waals surface area contributed by atoms with Crippen LogP contribution in [0.15, 0.2) is 0 Å². The normalized spacial score (nSPS) is 25.2. The molecule has 15 heavy (non-hydrogen) atoms. The monoisotopic (exact) mass is 225 g/mol. The summed E-state index contributed by atoms with van der Waals surface area (Å²) in [7, 11) is -1.13. The Kier molecular flexibility index (Phi) is 3.89. The maximum atomic E-state index is 3.98. The fourth-order valence-corrected chi connectivity index (χ4v) is 9.27. The molecule has 2 saturated carbocycles. The van der Waals surface area contributed by atoms with Gasteiger partial charge in [0.25, 0.3) is 0 Å². The molecule has 0 aliphatic heterocycles. The highest BCUT2D eigenvalue weighted by atomic mass is 28.3. The predicted octanol–water partition coefficient (Wildman–Crippen LogP) is 4.06. The van der Waals surface area contributed by atoms with E-state index in [1.54, 1.807) is 0 Å². The second kappa shape index (κ2) is 5.01. The van der Waals surface area contributed by atoms with Crippen LogP contribution in [0.3, 0.4) is 0 Å². The van der Waals surface area contributed by atoms with Gasteiger partial charge in [-0.1, -0.05) is 64.8 Å². The number of rotatable bonds is 4. The van der Waals surface area contributed by atoms with Crippen LogP contribution in [0.2, 0.25) is 17.6 Å². The highest BCUT2D eigenvalue weighted by Gasteiger charge is 2.44. The lowest BCUT2D eigenvalue weighted by atomic mass is 10.3. The summed E-state index contributed by atoms with van der Waals surface area (Å²) in [6.07, 6.45) is 12.2. The van der Waals surface area contributed by atoms with E-state index in [0.29, 0.717) is 0 Å². The van der Waals surface area contributed by atoms with Gasteiger partial charge in [-0.05, 0) is 17.6 Å². The van der Waals surface area contributed by atoms with Crippen molar-refractivity contribution in [3.05, 3.63) is 0 Å². The van der Waals surface area contributed by atoms with Crippen molar-refractivity contribution in [3.63, 3.8) is 0 Å². The van der Waals surface area contributed by atoms with Gasteiger partial charge in [-0.15, -0.1) is 0 Å². The molecule has 0 spiro atoms. The topological polar surface area (TPSA) is 12.0 Å². The molecule has 0 aromatic rings. The molecule has 0 saturated heterocycles. The van der Waals surface area contributed by atoms with E-state index in [-0.39, 0.29) is 0 Å². The van der Waals surface area contributed by atoms with Crippen molar-refractivity contribution in [3.8, 4) is 0 Å². The third-order valence-corrected chi connectivity index (χ3v) is 10.6. The van der Waals surface area contributed by atoms with Gasteiger partial charge in [0.2, 0.25) is 0 Å². The van der Waals surface area contributed by atoms with Crippen LogP contribution in [-0.4, -0.2) is 14.8 Å². The smallest absolute Gasteiger partial charge is 0.128 e. The lowest BCUT2D eigenvalue weighted by molar-refractivity contribution is 0.703. The van der Waals surface area contributed by atoms with Gasteiger partial charge in [0.1, 0.15) is 8.24 Å². The van der Waals surface area contributed by atoms with E-state index in [4.69, 9.17) is 0 Å².